The average molecular weight is 526 g/mol. The predicted molar refractivity (Wildman–Crippen MR) is 143 cm³/mol. The van der Waals surface area contributed by atoms with Crippen LogP contribution in [0.1, 0.15) is 37.3 Å². The second kappa shape index (κ2) is 9.94. The average Bonchev–Trinajstić information content (AvgIpc) is 3.54. The number of carbonyl (C=O) groups is 2. The first-order chi connectivity index (χ1) is 17.7. The first-order valence-corrected chi connectivity index (χ1v) is 16.1. The number of amides is 2. The number of anilines is 2. The van der Waals surface area contributed by atoms with Gasteiger partial charge in [0.05, 0.1) is 24.4 Å². The fourth-order valence-corrected chi connectivity index (χ4v) is 9.17. The number of aliphatic hydroxyl groups excluding tert-OH is 1. The number of hydrogen-bond donors (Lipinski definition) is 3. The SMILES string of the molecule is C[C@H]1[C@H]([Si](C)(C)F)[C@@H](CCO)O[C@]12C(=O)N(Cc1cccc(NC(=O)[C@H]3CCCN3)c1)c1ccccc12. The van der Waals surface area contributed by atoms with Gasteiger partial charge in [-0.25, -0.2) is 0 Å². The molecule has 0 saturated carbocycles. The molecule has 37 heavy (non-hydrogen) atoms. The van der Waals surface area contributed by atoms with Crippen molar-refractivity contribution in [3.05, 3.63) is 59.7 Å². The van der Waals surface area contributed by atoms with Gasteiger partial charge in [-0.3, -0.25) is 9.59 Å². The molecule has 3 N–H and O–H groups in total. The molecule has 2 aromatic carbocycles. The zero-order valence-corrected chi connectivity index (χ0v) is 22.7. The van der Waals surface area contributed by atoms with Gasteiger partial charge in [0.15, 0.2) is 5.60 Å². The minimum absolute atomic E-state index is 0.0525. The van der Waals surface area contributed by atoms with E-state index in [1.807, 2.05) is 55.5 Å². The van der Waals surface area contributed by atoms with Gasteiger partial charge in [0.25, 0.3) is 5.91 Å². The second-order valence-corrected chi connectivity index (χ2v) is 14.8. The summed E-state index contributed by atoms with van der Waals surface area (Å²) in [6.07, 6.45) is 1.58. The van der Waals surface area contributed by atoms with Crippen LogP contribution in [0, 0.1) is 5.92 Å². The second-order valence-electron chi connectivity index (χ2n) is 11.0. The lowest BCUT2D eigenvalue weighted by molar-refractivity contribution is -0.146. The summed E-state index contributed by atoms with van der Waals surface area (Å²) in [7, 11) is -3.21. The molecule has 0 unspecified atom stereocenters. The maximum absolute atomic E-state index is 15.6. The summed E-state index contributed by atoms with van der Waals surface area (Å²) in [4.78, 5) is 28.5. The van der Waals surface area contributed by atoms with Gasteiger partial charge in [0.2, 0.25) is 14.3 Å². The number of benzene rings is 2. The van der Waals surface area contributed by atoms with Crippen LogP contribution in [0.2, 0.25) is 18.6 Å². The normalized spacial score (nSPS) is 29.2. The molecule has 0 aromatic heterocycles. The van der Waals surface area contributed by atoms with Gasteiger partial charge in [-0.2, -0.15) is 0 Å². The Morgan fingerprint density at radius 3 is 2.76 bits per heavy atom. The molecule has 3 aliphatic rings. The smallest absolute Gasteiger partial charge is 0.264 e. The van der Waals surface area contributed by atoms with Crippen molar-refractivity contribution in [3.63, 3.8) is 0 Å². The molecule has 198 valence electrons. The molecule has 5 rings (SSSR count). The Balaban J connectivity index is 1.45. The standard InChI is InChI=1S/C28H36FN3O4Si/c1-18-25(37(2,3)29)24(13-15-33)36-28(18)21-10-4-5-12-23(21)32(27(28)35)17-19-8-6-9-20(16-19)31-26(34)22-11-7-14-30-22/h4-6,8-10,12,16,18,22,24-25,30,33H,7,11,13-15,17H2,1-3H3,(H,31,34)/t18-,22+,24+,25-,28+/m0/s1. The Morgan fingerprint density at radius 1 is 1.27 bits per heavy atom. The highest BCUT2D eigenvalue weighted by Crippen LogP contribution is 2.60. The topological polar surface area (TPSA) is 90.9 Å². The number of rotatable bonds is 7. The van der Waals surface area contributed by atoms with Crippen molar-refractivity contribution in [2.75, 3.05) is 23.4 Å². The van der Waals surface area contributed by atoms with Crippen LogP contribution in [-0.2, 0) is 26.5 Å². The molecule has 7 nitrogen and oxygen atoms in total. The van der Waals surface area contributed by atoms with Crippen molar-refractivity contribution >= 4 is 31.6 Å². The molecule has 3 heterocycles. The van der Waals surface area contributed by atoms with Gasteiger partial charge in [-0.15, -0.1) is 0 Å². The zero-order chi connectivity index (χ0) is 26.4. The van der Waals surface area contributed by atoms with Gasteiger partial charge in [0.1, 0.15) is 0 Å². The fraction of sp³-hybridized carbons (Fsp3) is 0.500. The Morgan fingerprint density at radius 2 is 2.05 bits per heavy atom. The van der Waals surface area contributed by atoms with E-state index in [0.717, 1.165) is 36.2 Å². The highest BCUT2D eigenvalue weighted by molar-refractivity contribution is 6.72. The van der Waals surface area contributed by atoms with Crippen LogP contribution >= 0.6 is 0 Å². The van der Waals surface area contributed by atoms with E-state index in [2.05, 4.69) is 10.6 Å². The Labute approximate surface area is 218 Å². The molecule has 5 atom stereocenters. The van der Waals surface area contributed by atoms with Gasteiger partial charge in [-0.05, 0) is 62.7 Å². The number of aliphatic hydroxyl groups is 1. The van der Waals surface area contributed by atoms with Gasteiger partial charge < -0.3 is 29.5 Å². The summed E-state index contributed by atoms with van der Waals surface area (Å²) in [6, 6.07) is 14.9. The molecule has 1 spiro atoms. The van der Waals surface area contributed by atoms with E-state index in [0.29, 0.717) is 18.7 Å². The van der Waals surface area contributed by atoms with E-state index in [9.17, 15) is 14.7 Å². The number of ether oxygens (including phenoxy) is 1. The lowest BCUT2D eigenvalue weighted by Gasteiger charge is -2.31. The molecular formula is C28H36FN3O4Si. The minimum Gasteiger partial charge on any atom is -0.396 e. The third-order valence-corrected chi connectivity index (χ3v) is 10.7. The van der Waals surface area contributed by atoms with Gasteiger partial charge in [0, 0.05) is 29.3 Å². The third-order valence-electron chi connectivity index (χ3n) is 8.19. The summed E-state index contributed by atoms with van der Waals surface area (Å²) in [6.45, 7) is 6.25. The maximum Gasteiger partial charge on any atom is 0.264 e. The Bertz CT molecular complexity index is 1180. The van der Waals surface area contributed by atoms with Crippen LogP contribution in [-0.4, -0.2) is 50.6 Å². The van der Waals surface area contributed by atoms with Crippen LogP contribution in [0.15, 0.2) is 48.5 Å². The minimum atomic E-state index is -3.21. The first kappa shape index (κ1) is 26.0. The number of para-hydroxylation sites is 1. The number of hydrogen-bond acceptors (Lipinski definition) is 5. The molecule has 2 saturated heterocycles. The largest absolute Gasteiger partial charge is 0.396 e. The number of nitrogens with zero attached hydrogens (tertiary/aromatic N) is 1. The third kappa shape index (κ3) is 4.52. The number of carbonyl (C=O) groups excluding carboxylic acids is 2. The van der Waals surface area contributed by atoms with Crippen LogP contribution in [0.25, 0.3) is 0 Å². The Hall–Kier alpha value is -2.59. The van der Waals surface area contributed by atoms with E-state index in [-0.39, 0.29) is 30.4 Å². The predicted octanol–water partition coefficient (Wildman–Crippen LogP) is 4.08. The number of fused-ring (bicyclic) bond motifs is 2. The molecule has 2 fully saturated rings. The van der Waals surface area contributed by atoms with E-state index < -0.39 is 25.7 Å². The van der Waals surface area contributed by atoms with E-state index in [1.165, 1.54) is 0 Å². The summed E-state index contributed by atoms with van der Waals surface area (Å²) in [5.41, 5.74) is 1.37. The molecular weight excluding hydrogens is 489 g/mol. The molecule has 9 heteroatoms. The van der Waals surface area contributed by atoms with Crippen molar-refractivity contribution in [3.8, 4) is 0 Å². The summed E-state index contributed by atoms with van der Waals surface area (Å²) in [5, 5.41) is 15.9. The number of halogens is 1. The fourth-order valence-electron chi connectivity index (χ4n) is 6.62. The van der Waals surface area contributed by atoms with Crippen molar-refractivity contribution in [2.45, 2.75) is 69.1 Å². The molecule has 2 aromatic rings. The van der Waals surface area contributed by atoms with Crippen LogP contribution in [0.4, 0.5) is 15.5 Å². The maximum atomic E-state index is 15.6. The van der Waals surface area contributed by atoms with E-state index in [4.69, 9.17) is 4.74 Å². The van der Waals surface area contributed by atoms with E-state index >= 15 is 4.11 Å². The lowest BCUT2D eigenvalue weighted by Crippen LogP contribution is -2.45. The van der Waals surface area contributed by atoms with E-state index in [1.54, 1.807) is 18.0 Å². The molecule has 0 aliphatic carbocycles. The Kier molecular flexibility index (Phi) is 6.99. The van der Waals surface area contributed by atoms with Crippen molar-refractivity contribution in [2.24, 2.45) is 5.92 Å². The molecule has 0 bridgehead atoms. The van der Waals surface area contributed by atoms with Gasteiger partial charge in [-0.1, -0.05) is 37.3 Å². The summed E-state index contributed by atoms with van der Waals surface area (Å²) in [5.74, 6) is -0.628. The first-order valence-electron chi connectivity index (χ1n) is 13.2. The highest BCUT2D eigenvalue weighted by Gasteiger charge is 2.66. The monoisotopic (exact) mass is 525 g/mol. The van der Waals surface area contributed by atoms with Crippen LogP contribution in [0.5, 0.6) is 0 Å². The van der Waals surface area contributed by atoms with Crippen molar-refractivity contribution < 1.29 is 23.5 Å². The summed E-state index contributed by atoms with van der Waals surface area (Å²) >= 11 is 0. The van der Waals surface area contributed by atoms with Gasteiger partial charge >= 0.3 is 0 Å². The van der Waals surface area contributed by atoms with Crippen LogP contribution < -0.4 is 15.5 Å². The quantitative estimate of drug-likeness (QED) is 0.374. The molecule has 2 amide bonds. The summed E-state index contributed by atoms with van der Waals surface area (Å²) < 4.78 is 22.1. The lowest BCUT2D eigenvalue weighted by atomic mass is 9.82. The zero-order valence-electron chi connectivity index (χ0n) is 21.7. The van der Waals surface area contributed by atoms with Crippen LogP contribution in [0.3, 0.4) is 0 Å². The highest BCUT2D eigenvalue weighted by atomic mass is 28.4. The molecule has 3 aliphatic heterocycles. The van der Waals surface area contributed by atoms with Crippen molar-refractivity contribution in [1.29, 1.82) is 0 Å². The molecule has 0 radical (unpaired) electrons. The number of nitrogens with one attached hydrogen (secondary N) is 2. The van der Waals surface area contributed by atoms with Crippen molar-refractivity contribution in [1.82, 2.24) is 5.32 Å².